The van der Waals surface area contributed by atoms with Crippen molar-refractivity contribution in [3.8, 4) is 0 Å². The van der Waals surface area contributed by atoms with Crippen LogP contribution in [0.3, 0.4) is 0 Å². The van der Waals surface area contributed by atoms with Crippen LogP contribution in [0.5, 0.6) is 0 Å². The highest BCUT2D eigenvalue weighted by atomic mass is 79.9. The molecule has 0 heterocycles. The van der Waals surface area contributed by atoms with E-state index in [1.54, 1.807) is 0 Å². The zero-order chi connectivity index (χ0) is 13.0. The van der Waals surface area contributed by atoms with Gasteiger partial charge in [-0.3, -0.25) is 10.1 Å². The second-order valence-electron chi connectivity index (χ2n) is 4.42. The van der Waals surface area contributed by atoms with Crippen LogP contribution in [-0.2, 0) is 11.2 Å². The number of aryl methyl sites for hydroxylation is 1. The lowest BCUT2D eigenvalue weighted by molar-refractivity contribution is -0.543. The summed E-state index contributed by atoms with van der Waals surface area (Å²) in [6, 6.07) is 6.90. The average molecular weight is 314 g/mol. The van der Waals surface area contributed by atoms with Gasteiger partial charge in [-0.25, -0.2) is 0 Å². The van der Waals surface area contributed by atoms with E-state index in [9.17, 15) is 10.1 Å². The summed E-state index contributed by atoms with van der Waals surface area (Å²) < 4.78 is 5.68. The second-order valence-corrected chi connectivity index (χ2v) is 5.21. The van der Waals surface area contributed by atoms with Crippen LogP contribution in [0.2, 0.25) is 0 Å². The maximum atomic E-state index is 11.3. The molecule has 18 heavy (non-hydrogen) atoms. The first-order valence-corrected chi connectivity index (χ1v) is 7.25. The molecule has 0 bridgehead atoms. The summed E-state index contributed by atoms with van der Waals surface area (Å²) in [5.41, 5.74) is 1.90. The van der Waals surface area contributed by atoms with Gasteiger partial charge in [-0.15, -0.1) is 0 Å². The van der Waals surface area contributed by atoms with E-state index in [2.05, 4.69) is 15.9 Å². The predicted octanol–water partition coefficient (Wildman–Crippen LogP) is 3.12. The molecule has 0 spiro atoms. The van der Waals surface area contributed by atoms with Gasteiger partial charge < -0.3 is 4.74 Å². The molecule has 0 amide bonds. The molecule has 0 radical (unpaired) electrons. The molecular weight excluding hydrogens is 298 g/mol. The van der Waals surface area contributed by atoms with Crippen molar-refractivity contribution in [2.45, 2.75) is 31.4 Å². The normalized spacial score (nSPS) is 22.5. The molecule has 5 heteroatoms. The van der Waals surface area contributed by atoms with Gasteiger partial charge in [-0.1, -0.05) is 40.2 Å². The SMILES string of the molecule is O=[N+]([O-])C1c2ccccc2CCC1OCCCBr. The van der Waals surface area contributed by atoms with Crippen molar-refractivity contribution in [2.75, 3.05) is 11.9 Å². The van der Waals surface area contributed by atoms with Gasteiger partial charge in [0.15, 0.2) is 0 Å². The highest BCUT2D eigenvalue weighted by molar-refractivity contribution is 9.09. The molecule has 1 aliphatic carbocycles. The largest absolute Gasteiger partial charge is 0.371 e. The summed E-state index contributed by atoms with van der Waals surface area (Å²) in [7, 11) is 0. The Bertz CT molecular complexity index is 424. The number of ether oxygens (including phenoxy) is 1. The van der Waals surface area contributed by atoms with Crippen LogP contribution in [-0.4, -0.2) is 23.0 Å². The third kappa shape index (κ3) is 2.90. The molecule has 1 aromatic rings. The van der Waals surface area contributed by atoms with E-state index in [0.717, 1.165) is 35.7 Å². The lowest BCUT2D eigenvalue weighted by Gasteiger charge is -2.27. The molecule has 0 saturated carbocycles. The summed E-state index contributed by atoms with van der Waals surface area (Å²) in [6.07, 6.45) is 2.17. The van der Waals surface area contributed by atoms with E-state index in [1.165, 1.54) is 0 Å². The fraction of sp³-hybridized carbons (Fsp3) is 0.538. The quantitative estimate of drug-likeness (QED) is 0.363. The summed E-state index contributed by atoms with van der Waals surface area (Å²) in [5, 5.41) is 12.1. The number of nitrogens with zero attached hydrogens (tertiary/aromatic N) is 1. The van der Waals surface area contributed by atoms with Crippen molar-refractivity contribution < 1.29 is 9.66 Å². The van der Waals surface area contributed by atoms with Gasteiger partial charge in [0.25, 0.3) is 6.04 Å². The number of alkyl halides is 1. The highest BCUT2D eigenvalue weighted by Crippen LogP contribution is 2.33. The van der Waals surface area contributed by atoms with Crippen LogP contribution in [0.1, 0.15) is 30.0 Å². The maximum Gasteiger partial charge on any atom is 0.264 e. The van der Waals surface area contributed by atoms with Crippen LogP contribution < -0.4 is 0 Å². The Kier molecular flexibility index (Phi) is 4.72. The van der Waals surface area contributed by atoms with Gasteiger partial charge in [0.05, 0.1) is 0 Å². The minimum absolute atomic E-state index is 0.212. The monoisotopic (exact) mass is 313 g/mol. The van der Waals surface area contributed by atoms with E-state index in [-0.39, 0.29) is 11.0 Å². The topological polar surface area (TPSA) is 52.4 Å². The fourth-order valence-electron chi connectivity index (χ4n) is 2.42. The van der Waals surface area contributed by atoms with Gasteiger partial charge in [-0.2, -0.15) is 0 Å². The predicted molar refractivity (Wildman–Crippen MR) is 72.6 cm³/mol. The molecule has 2 atom stereocenters. The lowest BCUT2D eigenvalue weighted by atomic mass is 9.86. The minimum Gasteiger partial charge on any atom is -0.371 e. The van der Waals surface area contributed by atoms with E-state index in [4.69, 9.17) is 4.74 Å². The highest BCUT2D eigenvalue weighted by Gasteiger charge is 2.38. The third-order valence-corrected chi connectivity index (χ3v) is 3.82. The van der Waals surface area contributed by atoms with Crippen molar-refractivity contribution in [1.82, 2.24) is 0 Å². The van der Waals surface area contributed by atoms with Crippen molar-refractivity contribution in [2.24, 2.45) is 0 Å². The van der Waals surface area contributed by atoms with Crippen LogP contribution in [0.4, 0.5) is 0 Å². The zero-order valence-corrected chi connectivity index (χ0v) is 11.6. The molecular formula is C13H16BrNO3. The van der Waals surface area contributed by atoms with Gasteiger partial charge in [0.2, 0.25) is 0 Å². The standard InChI is InChI=1S/C13H16BrNO3/c14-8-3-9-18-12-7-6-10-4-1-2-5-11(10)13(12)15(16)17/h1-2,4-5,12-13H,3,6-9H2. The van der Waals surface area contributed by atoms with Crippen LogP contribution in [0, 0.1) is 10.1 Å². The van der Waals surface area contributed by atoms with E-state index >= 15 is 0 Å². The molecule has 0 fully saturated rings. The molecule has 2 unspecified atom stereocenters. The molecule has 0 aromatic heterocycles. The third-order valence-electron chi connectivity index (χ3n) is 3.26. The Labute approximate surface area is 115 Å². The molecule has 1 aromatic carbocycles. The Morgan fingerprint density at radius 2 is 2.22 bits per heavy atom. The Morgan fingerprint density at radius 3 is 2.94 bits per heavy atom. The number of hydrogen-bond acceptors (Lipinski definition) is 3. The zero-order valence-electron chi connectivity index (χ0n) is 10.0. The van der Waals surface area contributed by atoms with Crippen LogP contribution in [0.25, 0.3) is 0 Å². The van der Waals surface area contributed by atoms with Crippen molar-refractivity contribution in [3.63, 3.8) is 0 Å². The van der Waals surface area contributed by atoms with Gasteiger partial charge in [-0.05, 0) is 24.8 Å². The molecule has 98 valence electrons. The second kappa shape index (κ2) is 6.29. The molecule has 1 aliphatic rings. The smallest absolute Gasteiger partial charge is 0.264 e. The average Bonchev–Trinajstić information content (AvgIpc) is 2.38. The number of halogens is 1. The first-order chi connectivity index (χ1) is 8.74. The number of benzene rings is 1. The summed E-state index contributed by atoms with van der Waals surface area (Å²) in [6.45, 7) is 0.572. The van der Waals surface area contributed by atoms with Gasteiger partial charge in [0, 0.05) is 22.4 Å². The number of hydrogen-bond donors (Lipinski definition) is 0. The summed E-state index contributed by atoms with van der Waals surface area (Å²) >= 11 is 3.33. The first-order valence-electron chi connectivity index (χ1n) is 6.13. The summed E-state index contributed by atoms with van der Waals surface area (Å²) in [5.74, 6) is 0. The maximum absolute atomic E-state index is 11.3. The molecule has 0 aliphatic heterocycles. The molecule has 0 saturated heterocycles. The van der Waals surface area contributed by atoms with Gasteiger partial charge in [0.1, 0.15) is 6.10 Å². The van der Waals surface area contributed by atoms with Crippen LogP contribution in [0.15, 0.2) is 24.3 Å². The van der Waals surface area contributed by atoms with Crippen molar-refractivity contribution in [3.05, 3.63) is 45.5 Å². The molecule has 2 rings (SSSR count). The first kappa shape index (κ1) is 13.5. The van der Waals surface area contributed by atoms with Crippen molar-refractivity contribution >= 4 is 15.9 Å². The van der Waals surface area contributed by atoms with Gasteiger partial charge >= 0.3 is 0 Å². The van der Waals surface area contributed by atoms with E-state index in [0.29, 0.717) is 6.61 Å². The Hall–Kier alpha value is -0.940. The lowest BCUT2D eigenvalue weighted by Crippen LogP contribution is -2.33. The van der Waals surface area contributed by atoms with Crippen molar-refractivity contribution in [1.29, 1.82) is 0 Å². The van der Waals surface area contributed by atoms with E-state index in [1.807, 2.05) is 24.3 Å². The van der Waals surface area contributed by atoms with Crippen LogP contribution >= 0.6 is 15.9 Å². The fourth-order valence-corrected chi connectivity index (χ4v) is 2.65. The molecule has 0 N–H and O–H groups in total. The summed E-state index contributed by atoms with van der Waals surface area (Å²) in [4.78, 5) is 11.1. The number of fused-ring (bicyclic) bond motifs is 1. The number of rotatable bonds is 5. The number of nitro groups is 1. The molecule has 4 nitrogen and oxygen atoms in total. The minimum atomic E-state index is -0.717. The van der Waals surface area contributed by atoms with E-state index < -0.39 is 6.04 Å². The Morgan fingerprint density at radius 1 is 1.44 bits per heavy atom. The Balaban J connectivity index is 2.16.